The Balaban J connectivity index is 3.68. The fourth-order valence-electron chi connectivity index (χ4n) is 1.98. The van der Waals surface area contributed by atoms with Gasteiger partial charge in [0, 0.05) is 25.6 Å². The van der Waals surface area contributed by atoms with Crippen molar-refractivity contribution in [3.8, 4) is 0 Å². The van der Waals surface area contributed by atoms with Crippen LogP contribution >= 0.6 is 0 Å². The summed E-state index contributed by atoms with van der Waals surface area (Å²) in [7, 11) is 0. The van der Waals surface area contributed by atoms with Gasteiger partial charge >= 0.3 is 12.0 Å². The summed E-state index contributed by atoms with van der Waals surface area (Å²) in [6.45, 7) is 9.65. The predicted molar refractivity (Wildman–Crippen MR) is 79.9 cm³/mol. The van der Waals surface area contributed by atoms with E-state index in [-0.39, 0.29) is 18.5 Å². The zero-order valence-corrected chi connectivity index (χ0v) is 12.9. The van der Waals surface area contributed by atoms with Gasteiger partial charge in [-0.1, -0.05) is 13.8 Å². The zero-order chi connectivity index (χ0) is 15.4. The minimum atomic E-state index is -0.794. The molecule has 6 heteroatoms. The molecule has 0 fully saturated rings. The zero-order valence-electron chi connectivity index (χ0n) is 12.9. The smallest absolute Gasteiger partial charge is 0.315 e. The molecule has 0 aromatic heterocycles. The van der Waals surface area contributed by atoms with Crippen LogP contribution in [-0.2, 0) is 4.79 Å². The fraction of sp³-hybridized carbons (Fsp3) is 0.857. The number of carboxylic acid groups (broad SMARTS) is 1. The van der Waals surface area contributed by atoms with Crippen molar-refractivity contribution in [3.63, 3.8) is 0 Å². The molecule has 0 heterocycles. The summed E-state index contributed by atoms with van der Waals surface area (Å²) in [6.07, 6.45) is 2.52. The normalized spacial score (nSPS) is 12.2. The molecule has 118 valence electrons. The number of nitrogens with one attached hydrogen (secondary N) is 2. The highest BCUT2D eigenvalue weighted by Crippen LogP contribution is 2.00. The van der Waals surface area contributed by atoms with Crippen LogP contribution in [0.1, 0.15) is 46.5 Å². The quantitative estimate of drug-likeness (QED) is 0.540. The SMILES string of the molecule is CCCN(CC)CCNC(=O)NC(C)CCCC(=O)O. The molecule has 0 aliphatic heterocycles. The number of rotatable bonds is 11. The number of amides is 2. The molecule has 0 spiro atoms. The van der Waals surface area contributed by atoms with Gasteiger partial charge in [0.15, 0.2) is 0 Å². The van der Waals surface area contributed by atoms with E-state index in [1.807, 2.05) is 6.92 Å². The lowest BCUT2D eigenvalue weighted by molar-refractivity contribution is -0.137. The van der Waals surface area contributed by atoms with Crippen LogP contribution in [0.4, 0.5) is 4.79 Å². The maximum absolute atomic E-state index is 11.6. The Kier molecular flexibility index (Phi) is 10.8. The Morgan fingerprint density at radius 3 is 2.50 bits per heavy atom. The van der Waals surface area contributed by atoms with E-state index in [0.717, 1.165) is 26.1 Å². The fourth-order valence-corrected chi connectivity index (χ4v) is 1.98. The lowest BCUT2D eigenvalue weighted by atomic mass is 10.1. The number of likely N-dealkylation sites (N-methyl/N-ethyl adjacent to an activating group) is 1. The van der Waals surface area contributed by atoms with Crippen molar-refractivity contribution in [1.82, 2.24) is 15.5 Å². The topological polar surface area (TPSA) is 81.7 Å². The van der Waals surface area contributed by atoms with Gasteiger partial charge in [0.05, 0.1) is 0 Å². The third-order valence-corrected chi connectivity index (χ3v) is 3.11. The van der Waals surface area contributed by atoms with Crippen LogP contribution in [-0.4, -0.2) is 54.2 Å². The molecule has 0 bridgehead atoms. The molecule has 20 heavy (non-hydrogen) atoms. The Bertz CT molecular complexity index is 285. The van der Waals surface area contributed by atoms with E-state index < -0.39 is 5.97 Å². The van der Waals surface area contributed by atoms with Gasteiger partial charge < -0.3 is 20.6 Å². The first-order valence-corrected chi connectivity index (χ1v) is 7.48. The first-order valence-electron chi connectivity index (χ1n) is 7.48. The Morgan fingerprint density at radius 1 is 1.25 bits per heavy atom. The first kappa shape index (κ1) is 18.7. The van der Waals surface area contributed by atoms with E-state index in [1.54, 1.807) is 0 Å². The molecule has 3 N–H and O–H groups in total. The summed E-state index contributed by atoms with van der Waals surface area (Å²) in [5, 5.41) is 14.2. The molecule has 1 unspecified atom stereocenters. The van der Waals surface area contributed by atoms with Crippen molar-refractivity contribution in [2.75, 3.05) is 26.2 Å². The van der Waals surface area contributed by atoms with E-state index in [2.05, 4.69) is 29.4 Å². The Hall–Kier alpha value is -1.30. The monoisotopic (exact) mass is 287 g/mol. The molecule has 0 radical (unpaired) electrons. The van der Waals surface area contributed by atoms with Crippen LogP contribution in [0, 0.1) is 0 Å². The van der Waals surface area contributed by atoms with Crippen molar-refractivity contribution >= 4 is 12.0 Å². The first-order chi connectivity index (χ1) is 9.49. The van der Waals surface area contributed by atoms with Gasteiger partial charge in [-0.2, -0.15) is 0 Å². The van der Waals surface area contributed by atoms with Gasteiger partial charge in [0.1, 0.15) is 0 Å². The summed E-state index contributed by atoms with van der Waals surface area (Å²) in [4.78, 5) is 24.3. The van der Waals surface area contributed by atoms with Crippen LogP contribution in [0.2, 0.25) is 0 Å². The van der Waals surface area contributed by atoms with Crippen molar-refractivity contribution < 1.29 is 14.7 Å². The number of carbonyl (C=O) groups excluding carboxylic acids is 1. The number of urea groups is 1. The van der Waals surface area contributed by atoms with Gasteiger partial charge in [-0.15, -0.1) is 0 Å². The molecule has 0 aromatic carbocycles. The summed E-state index contributed by atoms with van der Waals surface area (Å²) >= 11 is 0. The molecule has 6 nitrogen and oxygen atoms in total. The second kappa shape index (κ2) is 11.5. The average molecular weight is 287 g/mol. The summed E-state index contributed by atoms with van der Waals surface area (Å²) in [6, 6.07) is -0.187. The lowest BCUT2D eigenvalue weighted by Crippen LogP contribution is -2.43. The van der Waals surface area contributed by atoms with E-state index in [9.17, 15) is 9.59 Å². The van der Waals surface area contributed by atoms with E-state index in [4.69, 9.17) is 5.11 Å². The lowest BCUT2D eigenvalue weighted by Gasteiger charge is -2.20. The van der Waals surface area contributed by atoms with E-state index in [1.165, 1.54) is 0 Å². The van der Waals surface area contributed by atoms with Gasteiger partial charge in [-0.25, -0.2) is 4.79 Å². The van der Waals surface area contributed by atoms with Crippen LogP contribution in [0.5, 0.6) is 0 Å². The van der Waals surface area contributed by atoms with Crippen molar-refractivity contribution in [3.05, 3.63) is 0 Å². The predicted octanol–water partition coefficient (Wildman–Crippen LogP) is 1.66. The third kappa shape index (κ3) is 10.6. The standard InChI is InChI=1S/C14H29N3O3/c1-4-10-17(5-2)11-9-15-14(20)16-12(3)7-6-8-13(18)19/h12H,4-11H2,1-3H3,(H,18,19)(H2,15,16,20). The van der Waals surface area contributed by atoms with Gasteiger partial charge in [0.25, 0.3) is 0 Å². The van der Waals surface area contributed by atoms with Gasteiger partial charge in [0.2, 0.25) is 0 Å². The van der Waals surface area contributed by atoms with E-state index >= 15 is 0 Å². The van der Waals surface area contributed by atoms with Crippen molar-refractivity contribution in [2.45, 2.75) is 52.5 Å². The maximum Gasteiger partial charge on any atom is 0.315 e. The maximum atomic E-state index is 11.6. The minimum absolute atomic E-state index is 0.00716. The Labute approximate surface area is 121 Å². The number of aliphatic carboxylic acids is 1. The number of nitrogens with zero attached hydrogens (tertiary/aromatic N) is 1. The van der Waals surface area contributed by atoms with Crippen molar-refractivity contribution in [1.29, 1.82) is 0 Å². The number of hydrogen-bond acceptors (Lipinski definition) is 3. The molecule has 0 aliphatic carbocycles. The van der Waals surface area contributed by atoms with Crippen LogP contribution in [0.25, 0.3) is 0 Å². The molecule has 0 rings (SSSR count). The largest absolute Gasteiger partial charge is 0.481 e. The van der Waals surface area contributed by atoms with Crippen LogP contribution in [0.3, 0.4) is 0 Å². The molecule has 2 amide bonds. The second-order valence-electron chi connectivity index (χ2n) is 5.02. The highest BCUT2D eigenvalue weighted by Gasteiger charge is 2.08. The average Bonchev–Trinajstić information content (AvgIpc) is 2.37. The highest BCUT2D eigenvalue weighted by molar-refractivity contribution is 5.74. The van der Waals surface area contributed by atoms with Crippen molar-refractivity contribution in [2.24, 2.45) is 0 Å². The molecule has 0 saturated heterocycles. The Morgan fingerprint density at radius 2 is 1.95 bits per heavy atom. The summed E-state index contributed by atoms with van der Waals surface area (Å²) < 4.78 is 0. The van der Waals surface area contributed by atoms with Gasteiger partial charge in [-0.05, 0) is 39.3 Å². The number of hydrogen-bond donors (Lipinski definition) is 3. The molecular formula is C14H29N3O3. The molecular weight excluding hydrogens is 258 g/mol. The minimum Gasteiger partial charge on any atom is -0.481 e. The number of carbonyl (C=O) groups is 2. The number of carboxylic acids is 1. The molecule has 0 aromatic rings. The second-order valence-corrected chi connectivity index (χ2v) is 5.02. The van der Waals surface area contributed by atoms with Gasteiger partial charge in [-0.3, -0.25) is 4.79 Å². The summed E-state index contributed by atoms with van der Waals surface area (Å²) in [5.41, 5.74) is 0. The molecule has 0 aliphatic rings. The third-order valence-electron chi connectivity index (χ3n) is 3.11. The highest BCUT2D eigenvalue weighted by atomic mass is 16.4. The van der Waals surface area contributed by atoms with Crippen LogP contribution < -0.4 is 10.6 Å². The summed E-state index contributed by atoms with van der Waals surface area (Å²) in [5.74, 6) is -0.794. The molecule has 0 saturated carbocycles. The molecule has 1 atom stereocenters. The van der Waals surface area contributed by atoms with E-state index in [0.29, 0.717) is 19.4 Å². The van der Waals surface area contributed by atoms with Crippen LogP contribution in [0.15, 0.2) is 0 Å².